The summed E-state index contributed by atoms with van der Waals surface area (Å²) in [6.45, 7) is 0. The van der Waals surface area contributed by atoms with Crippen molar-refractivity contribution < 1.29 is 13.2 Å². The molecular formula is C12H12F3N. The Morgan fingerprint density at radius 3 is 1.81 bits per heavy atom. The van der Waals surface area contributed by atoms with Crippen LogP contribution in [0.15, 0.2) is 12.1 Å². The first-order valence-corrected chi connectivity index (χ1v) is 5.42. The zero-order chi connectivity index (χ0) is 11.6. The first-order chi connectivity index (χ1) is 7.48. The second-order valence-corrected chi connectivity index (χ2v) is 4.99. The second kappa shape index (κ2) is 2.80. The molecule has 0 spiro atoms. The molecule has 1 aromatic carbocycles. The van der Waals surface area contributed by atoms with Gasteiger partial charge in [0, 0.05) is 11.0 Å². The standard InChI is InChI=1S/C12H12F3N/c13-8-5-7(6-9(14)10(8)15)11(1-2-11)12(16)3-4-12/h5-6H,1-4,16H2. The third-order valence-electron chi connectivity index (χ3n) is 4.03. The highest BCUT2D eigenvalue weighted by Crippen LogP contribution is 2.63. The van der Waals surface area contributed by atoms with Crippen LogP contribution in [-0.4, -0.2) is 5.54 Å². The quantitative estimate of drug-likeness (QED) is 0.772. The zero-order valence-corrected chi connectivity index (χ0v) is 8.69. The first-order valence-electron chi connectivity index (χ1n) is 5.42. The lowest BCUT2D eigenvalue weighted by Gasteiger charge is -2.23. The number of hydrogen-bond acceptors (Lipinski definition) is 1. The molecule has 1 aromatic rings. The van der Waals surface area contributed by atoms with Gasteiger partial charge in [-0.3, -0.25) is 0 Å². The van der Waals surface area contributed by atoms with Gasteiger partial charge in [-0.2, -0.15) is 0 Å². The molecular weight excluding hydrogens is 215 g/mol. The van der Waals surface area contributed by atoms with E-state index in [1.807, 2.05) is 0 Å². The average molecular weight is 227 g/mol. The molecule has 0 aromatic heterocycles. The van der Waals surface area contributed by atoms with Crippen molar-refractivity contribution in [2.45, 2.75) is 36.6 Å². The topological polar surface area (TPSA) is 26.0 Å². The van der Waals surface area contributed by atoms with Crippen LogP contribution in [0.5, 0.6) is 0 Å². The molecule has 2 fully saturated rings. The van der Waals surface area contributed by atoms with Crippen molar-refractivity contribution in [3.05, 3.63) is 35.1 Å². The van der Waals surface area contributed by atoms with Gasteiger partial charge in [0.25, 0.3) is 0 Å². The Morgan fingerprint density at radius 1 is 0.938 bits per heavy atom. The van der Waals surface area contributed by atoms with Crippen molar-refractivity contribution in [2.75, 3.05) is 0 Å². The number of halogens is 3. The van der Waals surface area contributed by atoms with Crippen molar-refractivity contribution in [3.8, 4) is 0 Å². The van der Waals surface area contributed by atoms with Crippen LogP contribution in [0.25, 0.3) is 0 Å². The lowest BCUT2D eigenvalue weighted by atomic mass is 9.86. The summed E-state index contributed by atoms with van der Waals surface area (Å²) in [6.07, 6.45) is 3.45. The summed E-state index contributed by atoms with van der Waals surface area (Å²) >= 11 is 0. The van der Waals surface area contributed by atoms with E-state index in [1.165, 1.54) is 0 Å². The van der Waals surface area contributed by atoms with Crippen molar-refractivity contribution in [1.82, 2.24) is 0 Å². The molecule has 0 atom stereocenters. The van der Waals surface area contributed by atoms with Crippen LogP contribution in [0, 0.1) is 17.5 Å². The van der Waals surface area contributed by atoms with E-state index in [9.17, 15) is 13.2 Å². The Balaban J connectivity index is 2.08. The molecule has 2 N–H and O–H groups in total. The Bertz CT molecular complexity index is 438. The maximum atomic E-state index is 13.2. The highest BCUT2D eigenvalue weighted by molar-refractivity contribution is 5.41. The average Bonchev–Trinajstić information content (AvgIpc) is 3.08. The summed E-state index contributed by atoms with van der Waals surface area (Å²) in [4.78, 5) is 0. The minimum Gasteiger partial charge on any atom is -0.324 e. The third kappa shape index (κ3) is 1.16. The molecule has 0 unspecified atom stereocenters. The highest BCUT2D eigenvalue weighted by atomic mass is 19.2. The van der Waals surface area contributed by atoms with E-state index in [0.717, 1.165) is 37.8 Å². The summed E-state index contributed by atoms with van der Waals surface area (Å²) in [5.41, 5.74) is 6.02. The fourth-order valence-corrected chi connectivity index (χ4v) is 2.64. The lowest BCUT2D eigenvalue weighted by molar-refractivity contribution is 0.434. The van der Waals surface area contributed by atoms with Gasteiger partial charge in [-0.25, -0.2) is 13.2 Å². The molecule has 0 saturated heterocycles. The molecule has 2 aliphatic rings. The summed E-state index contributed by atoms with van der Waals surface area (Å²) < 4.78 is 39.2. The van der Waals surface area contributed by atoms with Gasteiger partial charge in [0.15, 0.2) is 17.5 Å². The Kier molecular flexibility index (Phi) is 1.78. The summed E-state index contributed by atoms with van der Waals surface area (Å²) in [5, 5.41) is 0. The zero-order valence-electron chi connectivity index (χ0n) is 8.69. The number of rotatable bonds is 2. The van der Waals surface area contributed by atoms with Crippen molar-refractivity contribution in [2.24, 2.45) is 5.73 Å². The fraction of sp³-hybridized carbons (Fsp3) is 0.500. The van der Waals surface area contributed by atoms with Gasteiger partial charge in [-0.05, 0) is 43.4 Å². The number of benzene rings is 1. The molecule has 3 rings (SSSR count). The summed E-state index contributed by atoms with van der Waals surface area (Å²) in [6, 6.07) is 2.19. The van der Waals surface area contributed by atoms with Crippen LogP contribution in [0.2, 0.25) is 0 Å². The number of nitrogens with two attached hydrogens (primary N) is 1. The van der Waals surface area contributed by atoms with Crippen molar-refractivity contribution in [1.29, 1.82) is 0 Å². The molecule has 0 amide bonds. The molecule has 86 valence electrons. The second-order valence-electron chi connectivity index (χ2n) is 4.99. The minimum absolute atomic E-state index is 0.303. The highest BCUT2D eigenvalue weighted by Gasteiger charge is 2.64. The van der Waals surface area contributed by atoms with Gasteiger partial charge in [0.05, 0.1) is 0 Å². The maximum Gasteiger partial charge on any atom is 0.194 e. The smallest absolute Gasteiger partial charge is 0.194 e. The molecule has 0 radical (unpaired) electrons. The van der Waals surface area contributed by atoms with Gasteiger partial charge in [0.2, 0.25) is 0 Å². The van der Waals surface area contributed by atoms with Gasteiger partial charge >= 0.3 is 0 Å². The van der Waals surface area contributed by atoms with E-state index in [-0.39, 0.29) is 11.0 Å². The van der Waals surface area contributed by atoms with Crippen LogP contribution >= 0.6 is 0 Å². The summed E-state index contributed by atoms with van der Waals surface area (Å²) in [7, 11) is 0. The van der Waals surface area contributed by atoms with Gasteiger partial charge in [-0.1, -0.05) is 0 Å². The van der Waals surface area contributed by atoms with E-state index >= 15 is 0 Å². The lowest BCUT2D eigenvalue weighted by Crippen LogP contribution is -2.37. The van der Waals surface area contributed by atoms with Crippen LogP contribution in [0.1, 0.15) is 31.2 Å². The maximum absolute atomic E-state index is 13.2. The molecule has 0 aliphatic heterocycles. The number of hydrogen-bond donors (Lipinski definition) is 1. The van der Waals surface area contributed by atoms with Gasteiger partial charge in [0.1, 0.15) is 0 Å². The minimum atomic E-state index is -1.40. The van der Waals surface area contributed by atoms with Crippen LogP contribution in [0.4, 0.5) is 13.2 Å². The molecule has 1 nitrogen and oxygen atoms in total. The van der Waals surface area contributed by atoms with E-state index < -0.39 is 17.5 Å². The Labute approximate surface area is 91.4 Å². The van der Waals surface area contributed by atoms with E-state index in [2.05, 4.69) is 0 Å². The van der Waals surface area contributed by atoms with Gasteiger partial charge in [-0.15, -0.1) is 0 Å². The van der Waals surface area contributed by atoms with E-state index in [1.54, 1.807) is 0 Å². The van der Waals surface area contributed by atoms with Crippen molar-refractivity contribution >= 4 is 0 Å². The van der Waals surface area contributed by atoms with E-state index in [0.29, 0.717) is 5.56 Å². The van der Waals surface area contributed by atoms with Crippen molar-refractivity contribution in [3.63, 3.8) is 0 Å². The van der Waals surface area contributed by atoms with E-state index in [4.69, 9.17) is 5.73 Å². The molecule has 4 heteroatoms. The Hall–Kier alpha value is -1.03. The first kappa shape index (κ1) is 10.1. The third-order valence-corrected chi connectivity index (χ3v) is 4.03. The monoisotopic (exact) mass is 227 g/mol. The predicted octanol–water partition coefficient (Wildman–Crippen LogP) is 2.63. The molecule has 16 heavy (non-hydrogen) atoms. The van der Waals surface area contributed by atoms with Crippen LogP contribution < -0.4 is 5.73 Å². The molecule has 0 heterocycles. The van der Waals surface area contributed by atoms with Crippen LogP contribution in [0.3, 0.4) is 0 Å². The normalized spacial score (nSPS) is 24.2. The molecule has 2 saturated carbocycles. The summed E-state index contributed by atoms with van der Waals surface area (Å²) in [5.74, 6) is -3.64. The SMILES string of the molecule is NC1(C2(c3cc(F)c(F)c(F)c3)CC2)CC1. The Morgan fingerprint density at radius 2 is 1.44 bits per heavy atom. The molecule has 2 aliphatic carbocycles. The van der Waals surface area contributed by atoms with Crippen LogP contribution in [-0.2, 0) is 5.41 Å². The van der Waals surface area contributed by atoms with Gasteiger partial charge < -0.3 is 5.73 Å². The fourth-order valence-electron chi connectivity index (χ4n) is 2.64. The largest absolute Gasteiger partial charge is 0.324 e. The molecule has 0 bridgehead atoms. The predicted molar refractivity (Wildman–Crippen MR) is 53.4 cm³/mol.